The van der Waals surface area contributed by atoms with Crippen LogP contribution in [0.5, 0.6) is 5.75 Å². The highest BCUT2D eigenvalue weighted by atomic mass is 32.2. The summed E-state index contributed by atoms with van der Waals surface area (Å²) in [5.41, 5.74) is 1.35. The van der Waals surface area contributed by atoms with E-state index >= 15 is 0 Å². The molecule has 10 nitrogen and oxygen atoms in total. The third-order valence-electron chi connectivity index (χ3n) is 5.91. The molecule has 1 aromatic carbocycles. The average Bonchev–Trinajstić information content (AvgIpc) is 3.47. The van der Waals surface area contributed by atoms with Crippen LogP contribution in [-0.4, -0.2) is 47.2 Å². The highest BCUT2D eigenvalue weighted by Crippen LogP contribution is 2.34. The van der Waals surface area contributed by atoms with Gasteiger partial charge in [0.15, 0.2) is 5.82 Å². The van der Waals surface area contributed by atoms with E-state index in [2.05, 4.69) is 19.9 Å². The van der Waals surface area contributed by atoms with Gasteiger partial charge < -0.3 is 9.47 Å². The summed E-state index contributed by atoms with van der Waals surface area (Å²) in [6.45, 7) is 4.02. The molecule has 4 rings (SSSR count). The largest absolute Gasteiger partial charge is 0.494 e. The maximum atomic E-state index is 13.2. The van der Waals surface area contributed by atoms with Gasteiger partial charge in [-0.3, -0.25) is 9.40 Å². The SMILES string of the molecule is CCC(C)(OC)c1ccnc(-n2cc(S(=O)(=O)Nc3c(OC)ccc4cnn(C)c34)cn2)c1. The normalized spacial score (nSPS) is 13.7. The Hall–Kier alpha value is -3.44. The molecule has 0 spiro atoms. The lowest BCUT2D eigenvalue weighted by atomic mass is 9.94. The standard InChI is InChI=1S/C22H26N6O4S/c1-6-22(2,32-5)16-9-10-23-19(11-16)28-14-17(13-25-28)33(29,30)26-20-18(31-4)8-7-15-12-24-27(3)21(15)20/h7-14,26H,6H2,1-5H3. The number of fused-ring (bicyclic) bond motifs is 1. The van der Waals surface area contributed by atoms with Crippen molar-refractivity contribution in [3.8, 4) is 11.6 Å². The first kappa shape index (κ1) is 22.7. The van der Waals surface area contributed by atoms with Gasteiger partial charge in [0.25, 0.3) is 10.0 Å². The fraction of sp³-hybridized carbons (Fsp3) is 0.318. The Balaban J connectivity index is 1.70. The Morgan fingerprint density at radius 3 is 2.64 bits per heavy atom. The summed E-state index contributed by atoms with van der Waals surface area (Å²) in [6.07, 6.45) is 6.77. The summed E-state index contributed by atoms with van der Waals surface area (Å²) >= 11 is 0. The summed E-state index contributed by atoms with van der Waals surface area (Å²) < 4.78 is 43.1. The van der Waals surface area contributed by atoms with E-state index in [-0.39, 0.29) is 4.90 Å². The molecule has 0 aliphatic heterocycles. The maximum Gasteiger partial charge on any atom is 0.265 e. The number of hydrogen-bond acceptors (Lipinski definition) is 7. The Kier molecular flexibility index (Phi) is 5.85. The molecule has 1 atom stereocenters. The van der Waals surface area contributed by atoms with E-state index in [1.54, 1.807) is 37.3 Å². The second kappa shape index (κ2) is 8.49. The molecule has 0 aliphatic rings. The zero-order valence-electron chi connectivity index (χ0n) is 19.1. The van der Waals surface area contributed by atoms with Crippen LogP contribution in [0.15, 0.2) is 53.9 Å². The van der Waals surface area contributed by atoms with Crippen molar-refractivity contribution in [1.82, 2.24) is 24.5 Å². The highest BCUT2D eigenvalue weighted by molar-refractivity contribution is 7.92. The van der Waals surface area contributed by atoms with Gasteiger partial charge in [-0.05, 0) is 43.2 Å². The van der Waals surface area contributed by atoms with Crippen LogP contribution in [-0.2, 0) is 27.4 Å². The molecular weight excluding hydrogens is 444 g/mol. The molecule has 1 N–H and O–H groups in total. The number of aromatic nitrogens is 5. The molecular formula is C22H26N6O4S. The Morgan fingerprint density at radius 2 is 1.94 bits per heavy atom. The maximum absolute atomic E-state index is 13.2. The van der Waals surface area contributed by atoms with Crippen molar-refractivity contribution in [3.05, 3.63) is 54.6 Å². The van der Waals surface area contributed by atoms with E-state index in [0.717, 1.165) is 17.4 Å². The van der Waals surface area contributed by atoms with Crippen LogP contribution in [0.4, 0.5) is 5.69 Å². The van der Waals surface area contributed by atoms with Crippen LogP contribution in [0, 0.1) is 0 Å². The van der Waals surface area contributed by atoms with Crippen LogP contribution in [0.2, 0.25) is 0 Å². The van der Waals surface area contributed by atoms with Crippen molar-refractivity contribution < 1.29 is 17.9 Å². The molecule has 0 radical (unpaired) electrons. The Bertz CT molecular complexity index is 1410. The number of sulfonamides is 1. The van der Waals surface area contributed by atoms with Gasteiger partial charge in [-0.2, -0.15) is 10.2 Å². The van der Waals surface area contributed by atoms with E-state index in [0.29, 0.717) is 22.8 Å². The highest BCUT2D eigenvalue weighted by Gasteiger charge is 2.25. The van der Waals surface area contributed by atoms with Crippen LogP contribution in [0.25, 0.3) is 16.7 Å². The lowest BCUT2D eigenvalue weighted by Gasteiger charge is -2.27. The van der Waals surface area contributed by atoms with Crippen molar-refractivity contribution in [2.45, 2.75) is 30.8 Å². The molecule has 3 aromatic heterocycles. The van der Waals surface area contributed by atoms with Gasteiger partial charge in [-0.1, -0.05) is 6.92 Å². The van der Waals surface area contributed by atoms with Gasteiger partial charge in [0, 0.05) is 25.7 Å². The summed E-state index contributed by atoms with van der Waals surface area (Å²) in [5.74, 6) is 0.867. The van der Waals surface area contributed by atoms with E-state index in [9.17, 15) is 8.42 Å². The summed E-state index contributed by atoms with van der Waals surface area (Å²) in [5, 5.41) is 9.22. The number of methoxy groups -OCH3 is 2. The monoisotopic (exact) mass is 470 g/mol. The summed E-state index contributed by atoms with van der Waals surface area (Å²) in [4.78, 5) is 4.33. The number of aryl methyl sites for hydroxylation is 1. The van der Waals surface area contributed by atoms with Crippen molar-refractivity contribution in [3.63, 3.8) is 0 Å². The van der Waals surface area contributed by atoms with Gasteiger partial charge in [-0.15, -0.1) is 0 Å². The Labute approximate surface area is 192 Å². The van der Waals surface area contributed by atoms with E-state index < -0.39 is 15.6 Å². The smallest absolute Gasteiger partial charge is 0.265 e. The second-order valence-electron chi connectivity index (χ2n) is 7.77. The number of pyridine rings is 1. The number of rotatable bonds is 8. The fourth-order valence-corrected chi connectivity index (χ4v) is 4.63. The van der Waals surface area contributed by atoms with Crippen molar-refractivity contribution in [2.75, 3.05) is 18.9 Å². The lowest BCUT2D eigenvalue weighted by molar-refractivity contribution is -0.00147. The molecule has 0 aliphatic carbocycles. The number of ether oxygens (including phenoxy) is 2. The topological polar surface area (TPSA) is 113 Å². The molecule has 0 fully saturated rings. The molecule has 0 amide bonds. The van der Waals surface area contributed by atoms with Crippen LogP contribution >= 0.6 is 0 Å². The van der Waals surface area contributed by atoms with Gasteiger partial charge in [0.05, 0.1) is 36.8 Å². The zero-order chi connectivity index (χ0) is 23.8. The first-order valence-electron chi connectivity index (χ1n) is 10.3. The van der Waals surface area contributed by atoms with E-state index in [1.807, 2.05) is 32.0 Å². The number of benzene rings is 1. The lowest BCUT2D eigenvalue weighted by Crippen LogP contribution is -2.23. The molecule has 174 valence electrons. The summed E-state index contributed by atoms with van der Waals surface area (Å²) in [6, 6.07) is 7.23. The molecule has 1 unspecified atom stereocenters. The van der Waals surface area contributed by atoms with Crippen LogP contribution in [0.1, 0.15) is 25.8 Å². The van der Waals surface area contributed by atoms with Crippen LogP contribution in [0.3, 0.4) is 0 Å². The molecule has 4 aromatic rings. The third-order valence-corrected chi connectivity index (χ3v) is 7.21. The fourth-order valence-electron chi connectivity index (χ4n) is 3.62. The average molecular weight is 471 g/mol. The summed E-state index contributed by atoms with van der Waals surface area (Å²) in [7, 11) is 0.902. The van der Waals surface area contributed by atoms with Gasteiger partial charge in [-0.25, -0.2) is 18.1 Å². The molecule has 33 heavy (non-hydrogen) atoms. The predicted molar refractivity (Wildman–Crippen MR) is 124 cm³/mol. The minimum absolute atomic E-state index is 0.0130. The first-order valence-corrected chi connectivity index (χ1v) is 11.8. The van der Waals surface area contributed by atoms with Crippen molar-refractivity contribution in [2.24, 2.45) is 7.05 Å². The van der Waals surface area contributed by atoms with Gasteiger partial charge in [0.2, 0.25) is 0 Å². The molecule has 0 bridgehead atoms. The third kappa shape index (κ3) is 4.05. The second-order valence-corrected chi connectivity index (χ2v) is 9.45. The molecule has 0 saturated heterocycles. The molecule has 0 saturated carbocycles. The predicted octanol–water partition coefficient (Wildman–Crippen LogP) is 3.24. The van der Waals surface area contributed by atoms with E-state index in [4.69, 9.17) is 9.47 Å². The molecule has 11 heteroatoms. The number of hydrogen-bond donors (Lipinski definition) is 1. The first-order chi connectivity index (χ1) is 15.7. The number of nitrogens with one attached hydrogen (secondary N) is 1. The number of anilines is 1. The minimum Gasteiger partial charge on any atom is -0.494 e. The van der Waals surface area contributed by atoms with Gasteiger partial charge in [0.1, 0.15) is 16.3 Å². The quantitative estimate of drug-likeness (QED) is 0.421. The zero-order valence-corrected chi connectivity index (χ0v) is 19.9. The van der Waals surface area contributed by atoms with Crippen LogP contribution < -0.4 is 9.46 Å². The van der Waals surface area contributed by atoms with Crippen molar-refractivity contribution in [1.29, 1.82) is 0 Å². The number of nitrogens with zero attached hydrogens (tertiary/aromatic N) is 5. The van der Waals surface area contributed by atoms with Gasteiger partial charge >= 0.3 is 0 Å². The molecule has 3 heterocycles. The van der Waals surface area contributed by atoms with E-state index in [1.165, 1.54) is 24.2 Å². The Morgan fingerprint density at radius 1 is 1.15 bits per heavy atom. The minimum atomic E-state index is -3.97. The van der Waals surface area contributed by atoms with Crippen molar-refractivity contribution >= 4 is 26.6 Å².